The van der Waals surface area contributed by atoms with Crippen LogP contribution in [-0.2, 0) is 4.79 Å². The van der Waals surface area contributed by atoms with E-state index < -0.39 is 41.4 Å². The standard InChI is InChI=1S/C22H22F5N3O/c1-13(2)10-19(21(31)29-9-8-28)30-20(22(25,26)27)17-7-6-15(12-18(17)24)14-4-3-5-16(23)11-14/h3-7,11-13,19-20,30H,9-10H2,1-2H3,(H,29,31)/t19-,20-/m0/s1. The number of nitrogens with one attached hydrogen (secondary N) is 2. The molecule has 0 bridgehead atoms. The number of hydrogen-bond acceptors (Lipinski definition) is 3. The Balaban J connectivity index is 2.39. The highest BCUT2D eigenvalue weighted by Crippen LogP contribution is 2.36. The largest absolute Gasteiger partial charge is 0.408 e. The predicted molar refractivity (Wildman–Crippen MR) is 106 cm³/mol. The van der Waals surface area contributed by atoms with Crippen LogP contribution in [0.4, 0.5) is 22.0 Å². The lowest BCUT2D eigenvalue weighted by Gasteiger charge is -2.28. The second kappa shape index (κ2) is 10.4. The lowest BCUT2D eigenvalue weighted by atomic mass is 9.97. The Labute approximate surface area is 177 Å². The fourth-order valence-corrected chi connectivity index (χ4v) is 3.14. The van der Waals surface area contributed by atoms with Crippen LogP contribution in [0.2, 0.25) is 0 Å². The summed E-state index contributed by atoms with van der Waals surface area (Å²) in [6.07, 6.45) is -4.85. The number of amides is 1. The number of nitrogens with zero attached hydrogens (tertiary/aromatic N) is 1. The van der Waals surface area contributed by atoms with Gasteiger partial charge in [-0.15, -0.1) is 0 Å². The number of hydrogen-bond donors (Lipinski definition) is 2. The van der Waals surface area contributed by atoms with Crippen molar-refractivity contribution < 1.29 is 26.7 Å². The Hall–Kier alpha value is -2.99. The number of carbonyl (C=O) groups excluding carboxylic acids is 1. The van der Waals surface area contributed by atoms with Crippen LogP contribution in [-0.4, -0.2) is 24.7 Å². The number of alkyl halides is 3. The molecule has 2 rings (SSSR count). The van der Waals surface area contributed by atoms with E-state index in [1.165, 1.54) is 24.3 Å². The summed E-state index contributed by atoms with van der Waals surface area (Å²) in [5.41, 5.74) is -0.155. The van der Waals surface area contributed by atoms with Crippen molar-refractivity contribution in [1.29, 1.82) is 5.26 Å². The Bertz CT molecular complexity index is 953. The third kappa shape index (κ3) is 6.76. The second-order valence-corrected chi connectivity index (χ2v) is 7.45. The van der Waals surface area contributed by atoms with Gasteiger partial charge in [-0.3, -0.25) is 10.1 Å². The Morgan fingerprint density at radius 2 is 1.77 bits per heavy atom. The van der Waals surface area contributed by atoms with E-state index in [1.54, 1.807) is 19.9 Å². The molecule has 0 saturated heterocycles. The van der Waals surface area contributed by atoms with Gasteiger partial charge < -0.3 is 5.32 Å². The van der Waals surface area contributed by atoms with Gasteiger partial charge in [0.1, 0.15) is 24.2 Å². The second-order valence-electron chi connectivity index (χ2n) is 7.45. The summed E-state index contributed by atoms with van der Waals surface area (Å²) in [4.78, 5) is 12.3. The molecule has 2 atom stereocenters. The molecule has 0 heterocycles. The third-order valence-corrected chi connectivity index (χ3v) is 4.53. The average Bonchev–Trinajstić information content (AvgIpc) is 2.68. The van der Waals surface area contributed by atoms with Gasteiger partial charge in [-0.25, -0.2) is 8.78 Å². The minimum atomic E-state index is -4.90. The molecule has 166 valence electrons. The van der Waals surface area contributed by atoms with Crippen molar-refractivity contribution in [2.45, 2.75) is 38.5 Å². The van der Waals surface area contributed by atoms with Crippen molar-refractivity contribution in [2.75, 3.05) is 6.54 Å². The fourth-order valence-electron chi connectivity index (χ4n) is 3.14. The van der Waals surface area contributed by atoms with Gasteiger partial charge in [-0.1, -0.05) is 38.1 Å². The van der Waals surface area contributed by atoms with Crippen LogP contribution in [0.1, 0.15) is 31.9 Å². The SMILES string of the molecule is CC(C)C[C@H](N[C@@H](c1ccc(-c2cccc(F)c2)cc1F)C(F)(F)F)C(=O)NCC#N. The van der Waals surface area contributed by atoms with Crippen molar-refractivity contribution in [3.63, 3.8) is 0 Å². The van der Waals surface area contributed by atoms with Crippen LogP contribution in [0.5, 0.6) is 0 Å². The minimum Gasteiger partial charge on any atom is -0.342 e. The molecular formula is C22H22F5N3O. The number of rotatable bonds is 8. The Morgan fingerprint density at radius 1 is 1.10 bits per heavy atom. The van der Waals surface area contributed by atoms with Gasteiger partial charge in [0, 0.05) is 5.56 Å². The van der Waals surface area contributed by atoms with Gasteiger partial charge in [-0.2, -0.15) is 18.4 Å². The first-order chi connectivity index (χ1) is 14.5. The van der Waals surface area contributed by atoms with Gasteiger partial charge in [0.25, 0.3) is 0 Å². The van der Waals surface area contributed by atoms with Crippen LogP contribution < -0.4 is 10.6 Å². The first-order valence-electron chi connectivity index (χ1n) is 9.55. The summed E-state index contributed by atoms with van der Waals surface area (Å²) in [6, 6.07) is 6.35. The molecule has 2 N–H and O–H groups in total. The number of nitriles is 1. The molecule has 31 heavy (non-hydrogen) atoms. The third-order valence-electron chi connectivity index (χ3n) is 4.53. The van der Waals surface area contributed by atoms with E-state index in [4.69, 9.17) is 5.26 Å². The quantitative estimate of drug-likeness (QED) is 0.455. The first-order valence-corrected chi connectivity index (χ1v) is 9.55. The molecule has 0 aliphatic heterocycles. The number of benzene rings is 2. The van der Waals surface area contributed by atoms with Crippen molar-refractivity contribution in [2.24, 2.45) is 5.92 Å². The molecule has 0 radical (unpaired) electrons. The molecule has 2 aromatic rings. The zero-order valence-corrected chi connectivity index (χ0v) is 16.9. The van der Waals surface area contributed by atoms with Gasteiger partial charge in [0.15, 0.2) is 0 Å². The maximum absolute atomic E-state index is 14.8. The monoisotopic (exact) mass is 439 g/mol. The molecule has 0 aliphatic rings. The molecule has 0 aliphatic carbocycles. The van der Waals surface area contributed by atoms with E-state index in [9.17, 15) is 26.7 Å². The molecular weight excluding hydrogens is 417 g/mol. The maximum atomic E-state index is 14.8. The van der Waals surface area contributed by atoms with Gasteiger partial charge >= 0.3 is 6.18 Å². The normalized spacial score (nSPS) is 13.5. The predicted octanol–water partition coefficient (Wildman–Crippen LogP) is 4.88. The summed E-state index contributed by atoms with van der Waals surface area (Å²) < 4.78 is 69.6. The highest BCUT2D eigenvalue weighted by molar-refractivity contribution is 5.82. The van der Waals surface area contributed by atoms with E-state index in [2.05, 4.69) is 10.6 Å². The highest BCUT2D eigenvalue weighted by Gasteiger charge is 2.44. The molecule has 0 unspecified atom stereocenters. The zero-order valence-electron chi connectivity index (χ0n) is 16.9. The van der Waals surface area contributed by atoms with Crippen LogP contribution in [0.3, 0.4) is 0 Å². The molecule has 2 aromatic carbocycles. The van der Waals surface area contributed by atoms with Crippen molar-refractivity contribution in [3.05, 3.63) is 59.7 Å². The number of carbonyl (C=O) groups is 1. The molecule has 4 nitrogen and oxygen atoms in total. The van der Waals surface area contributed by atoms with Gasteiger partial charge in [-0.05, 0) is 41.7 Å². The Kier molecular flexibility index (Phi) is 8.11. The maximum Gasteiger partial charge on any atom is 0.408 e. The highest BCUT2D eigenvalue weighted by atomic mass is 19.4. The summed E-state index contributed by atoms with van der Waals surface area (Å²) >= 11 is 0. The zero-order chi connectivity index (χ0) is 23.2. The van der Waals surface area contributed by atoms with E-state index >= 15 is 0 Å². The molecule has 0 fully saturated rings. The lowest BCUT2D eigenvalue weighted by molar-refractivity contribution is -0.161. The lowest BCUT2D eigenvalue weighted by Crippen LogP contribution is -2.49. The summed E-state index contributed by atoms with van der Waals surface area (Å²) in [7, 11) is 0. The Morgan fingerprint density at radius 3 is 2.32 bits per heavy atom. The van der Waals surface area contributed by atoms with Crippen molar-refractivity contribution in [1.82, 2.24) is 10.6 Å². The van der Waals surface area contributed by atoms with Crippen LogP contribution >= 0.6 is 0 Å². The van der Waals surface area contributed by atoms with Gasteiger partial charge in [0.05, 0.1) is 12.1 Å². The topological polar surface area (TPSA) is 64.9 Å². The minimum absolute atomic E-state index is 0.0484. The molecule has 0 saturated carbocycles. The molecule has 9 heteroatoms. The average molecular weight is 439 g/mol. The fraction of sp³-hybridized carbons (Fsp3) is 0.364. The number of halogens is 5. The summed E-state index contributed by atoms with van der Waals surface area (Å²) in [5.74, 6) is -2.62. The molecule has 1 amide bonds. The van der Waals surface area contributed by atoms with Crippen LogP contribution in [0.25, 0.3) is 11.1 Å². The van der Waals surface area contributed by atoms with Crippen molar-refractivity contribution >= 4 is 5.91 Å². The summed E-state index contributed by atoms with van der Waals surface area (Å²) in [6.45, 7) is 3.09. The van der Waals surface area contributed by atoms with Gasteiger partial charge in [0.2, 0.25) is 5.91 Å². The van der Waals surface area contributed by atoms with E-state index in [1.807, 2.05) is 0 Å². The van der Waals surface area contributed by atoms with Crippen molar-refractivity contribution in [3.8, 4) is 17.2 Å². The molecule has 0 aromatic heterocycles. The first kappa shape index (κ1) is 24.3. The summed E-state index contributed by atoms with van der Waals surface area (Å²) in [5, 5.41) is 13.1. The van der Waals surface area contributed by atoms with E-state index in [0.717, 1.165) is 18.2 Å². The van der Waals surface area contributed by atoms with E-state index in [-0.39, 0.29) is 24.4 Å². The van der Waals surface area contributed by atoms with Crippen LogP contribution in [0, 0.1) is 28.9 Å². The molecule has 0 spiro atoms. The van der Waals surface area contributed by atoms with E-state index in [0.29, 0.717) is 5.56 Å². The van der Waals surface area contributed by atoms with Crippen LogP contribution in [0.15, 0.2) is 42.5 Å². The smallest absolute Gasteiger partial charge is 0.342 e.